The molecule has 0 unspecified atom stereocenters. The molecule has 1 saturated heterocycles. The molecule has 3 rings (SSSR count). The summed E-state index contributed by atoms with van der Waals surface area (Å²) in [6.07, 6.45) is 5.36. The summed E-state index contributed by atoms with van der Waals surface area (Å²) in [7, 11) is 0. The Morgan fingerprint density at radius 3 is 3.12 bits per heavy atom. The summed E-state index contributed by atoms with van der Waals surface area (Å²) in [6, 6.07) is 0.528. The highest BCUT2D eigenvalue weighted by Gasteiger charge is 2.26. The Morgan fingerprint density at radius 2 is 2.44 bits per heavy atom. The summed E-state index contributed by atoms with van der Waals surface area (Å²) < 4.78 is 1.90. The fourth-order valence-electron chi connectivity index (χ4n) is 2.02. The molecule has 1 fully saturated rings. The minimum absolute atomic E-state index is 0.528. The molecule has 6 nitrogen and oxygen atoms in total. The molecule has 0 atom stereocenters. The van der Waals surface area contributed by atoms with E-state index < -0.39 is 0 Å². The van der Waals surface area contributed by atoms with Gasteiger partial charge in [-0.3, -0.25) is 4.40 Å². The lowest BCUT2D eigenvalue weighted by Crippen LogP contribution is -2.57. The molecule has 1 aliphatic heterocycles. The van der Waals surface area contributed by atoms with Gasteiger partial charge >= 0.3 is 0 Å². The topological polar surface area (TPSA) is 58.4 Å². The van der Waals surface area contributed by atoms with Crippen LogP contribution in [0.4, 0.5) is 5.82 Å². The van der Waals surface area contributed by atoms with E-state index >= 15 is 0 Å². The third-order valence-electron chi connectivity index (χ3n) is 3.01. The molecule has 3 heterocycles. The van der Waals surface area contributed by atoms with Crippen molar-refractivity contribution in [3.05, 3.63) is 18.7 Å². The van der Waals surface area contributed by atoms with Crippen molar-refractivity contribution in [3.63, 3.8) is 0 Å². The van der Waals surface area contributed by atoms with Crippen molar-refractivity contribution in [1.29, 1.82) is 0 Å². The molecular weight excluding hydrogens is 204 g/mol. The Labute approximate surface area is 93.3 Å². The van der Waals surface area contributed by atoms with E-state index in [9.17, 15) is 0 Å². The molecular formula is C10H14N6. The predicted octanol–water partition coefficient (Wildman–Crippen LogP) is -0.0776. The number of likely N-dealkylation sites (N-methyl/N-ethyl adjacent to an activating group) is 1. The molecule has 16 heavy (non-hydrogen) atoms. The van der Waals surface area contributed by atoms with Gasteiger partial charge in [-0.05, 0) is 6.92 Å². The van der Waals surface area contributed by atoms with Gasteiger partial charge in [-0.25, -0.2) is 4.98 Å². The molecule has 0 amide bonds. The number of hydrogen-bond acceptors (Lipinski definition) is 5. The van der Waals surface area contributed by atoms with Crippen LogP contribution in [0.1, 0.15) is 6.92 Å². The average Bonchev–Trinajstić information content (AvgIpc) is 2.70. The Kier molecular flexibility index (Phi) is 2.21. The molecule has 6 heteroatoms. The zero-order valence-corrected chi connectivity index (χ0v) is 9.17. The van der Waals surface area contributed by atoms with Gasteiger partial charge in [0.1, 0.15) is 6.33 Å². The van der Waals surface area contributed by atoms with Crippen LogP contribution in [0.2, 0.25) is 0 Å². The van der Waals surface area contributed by atoms with Crippen molar-refractivity contribution in [3.8, 4) is 0 Å². The van der Waals surface area contributed by atoms with E-state index in [0.717, 1.165) is 31.1 Å². The number of aromatic nitrogens is 4. The van der Waals surface area contributed by atoms with Crippen LogP contribution in [0.25, 0.3) is 5.65 Å². The smallest absolute Gasteiger partial charge is 0.203 e. The normalized spacial score (nSPS) is 16.3. The van der Waals surface area contributed by atoms with Crippen LogP contribution in [-0.4, -0.2) is 45.3 Å². The van der Waals surface area contributed by atoms with E-state index in [4.69, 9.17) is 0 Å². The zero-order valence-electron chi connectivity index (χ0n) is 9.17. The van der Waals surface area contributed by atoms with Crippen LogP contribution in [0, 0.1) is 0 Å². The van der Waals surface area contributed by atoms with Crippen LogP contribution in [0.15, 0.2) is 18.7 Å². The first kappa shape index (κ1) is 9.53. The minimum Gasteiger partial charge on any atom is -0.348 e. The summed E-state index contributed by atoms with van der Waals surface area (Å²) in [5.74, 6) is 0.925. The molecule has 0 spiro atoms. The Morgan fingerprint density at radius 1 is 1.56 bits per heavy atom. The van der Waals surface area contributed by atoms with E-state index in [2.05, 4.69) is 32.3 Å². The first-order valence-corrected chi connectivity index (χ1v) is 5.52. The second-order valence-corrected chi connectivity index (χ2v) is 3.91. The Hall–Kier alpha value is -1.69. The Balaban J connectivity index is 2.05. The van der Waals surface area contributed by atoms with Crippen LogP contribution in [0.5, 0.6) is 0 Å². The first-order valence-electron chi connectivity index (χ1n) is 5.52. The molecule has 0 aliphatic carbocycles. The van der Waals surface area contributed by atoms with Gasteiger partial charge in [0, 0.05) is 32.0 Å². The van der Waals surface area contributed by atoms with Crippen molar-refractivity contribution >= 4 is 11.5 Å². The van der Waals surface area contributed by atoms with Gasteiger partial charge in [-0.1, -0.05) is 0 Å². The second kappa shape index (κ2) is 3.71. The van der Waals surface area contributed by atoms with Crippen molar-refractivity contribution in [2.45, 2.75) is 13.0 Å². The van der Waals surface area contributed by atoms with Gasteiger partial charge in [-0.2, -0.15) is 0 Å². The van der Waals surface area contributed by atoms with Gasteiger partial charge in [0.2, 0.25) is 5.65 Å². The van der Waals surface area contributed by atoms with E-state index in [0.29, 0.717) is 6.04 Å². The monoisotopic (exact) mass is 218 g/mol. The lowest BCUT2D eigenvalue weighted by Gasteiger charge is -2.38. The zero-order chi connectivity index (χ0) is 11.0. The van der Waals surface area contributed by atoms with Crippen LogP contribution in [0.3, 0.4) is 0 Å². The summed E-state index contributed by atoms with van der Waals surface area (Å²) in [5, 5.41) is 11.3. The van der Waals surface area contributed by atoms with Crippen molar-refractivity contribution in [2.24, 2.45) is 0 Å². The molecule has 1 N–H and O–H groups in total. The summed E-state index contributed by atoms with van der Waals surface area (Å²) in [5.41, 5.74) is 0.830. The van der Waals surface area contributed by atoms with Gasteiger partial charge in [0.25, 0.3) is 0 Å². The van der Waals surface area contributed by atoms with Gasteiger partial charge in [0.05, 0.1) is 6.04 Å². The molecule has 1 aliphatic rings. The van der Waals surface area contributed by atoms with Gasteiger partial charge in [0.15, 0.2) is 5.82 Å². The maximum Gasteiger partial charge on any atom is 0.203 e. The summed E-state index contributed by atoms with van der Waals surface area (Å²) in [6.45, 7) is 5.11. The standard InChI is InChI=1S/C10H14N6/c1-2-16(8-5-11-6-8)9-10-14-13-7-15(10)4-3-12-9/h3-4,7-8,11H,2,5-6H2,1H3. The number of nitrogens with zero attached hydrogens (tertiary/aromatic N) is 5. The highest BCUT2D eigenvalue weighted by molar-refractivity contribution is 5.64. The molecule has 84 valence electrons. The third kappa shape index (κ3) is 1.34. The van der Waals surface area contributed by atoms with Crippen LogP contribution >= 0.6 is 0 Å². The fraction of sp³-hybridized carbons (Fsp3) is 0.500. The second-order valence-electron chi connectivity index (χ2n) is 3.91. The molecule has 2 aromatic heterocycles. The molecule has 0 aromatic carbocycles. The number of fused-ring (bicyclic) bond motifs is 1. The highest BCUT2D eigenvalue weighted by Crippen LogP contribution is 2.19. The van der Waals surface area contributed by atoms with Crippen molar-refractivity contribution < 1.29 is 0 Å². The van der Waals surface area contributed by atoms with Gasteiger partial charge in [-0.15, -0.1) is 10.2 Å². The number of nitrogens with one attached hydrogen (secondary N) is 1. The predicted molar refractivity (Wildman–Crippen MR) is 60.5 cm³/mol. The third-order valence-corrected chi connectivity index (χ3v) is 3.01. The largest absolute Gasteiger partial charge is 0.348 e. The van der Waals surface area contributed by atoms with E-state index in [1.54, 1.807) is 12.5 Å². The molecule has 0 bridgehead atoms. The van der Waals surface area contributed by atoms with Crippen LogP contribution < -0.4 is 10.2 Å². The molecule has 2 aromatic rings. The first-order chi connectivity index (χ1) is 7.90. The SMILES string of the molecule is CCN(c1nccn2cnnc12)C1CNC1. The fourth-order valence-corrected chi connectivity index (χ4v) is 2.02. The summed E-state index contributed by atoms with van der Waals surface area (Å²) >= 11 is 0. The molecule has 0 saturated carbocycles. The highest BCUT2D eigenvalue weighted by atomic mass is 15.3. The van der Waals surface area contributed by atoms with E-state index in [1.165, 1.54) is 0 Å². The van der Waals surface area contributed by atoms with Crippen LogP contribution in [-0.2, 0) is 0 Å². The average molecular weight is 218 g/mol. The van der Waals surface area contributed by atoms with E-state index in [-0.39, 0.29) is 0 Å². The van der Waals surface area contributed by atoms with Crippen molar-refractivity contribution in [2.75, 3.05) is 24.5 Å². The van der Waals surface area contributed by atoms with Crippen molar-refractivity contribution in [1.82, 2.24) is 24.9 Å². The number of rotatable bonds is 3. The maximum atomic E-state index is 4.43. The lowest BCUT2D eigenvalue weighted by atomic mass is 10.1. The van der Waals surface area contributed by atoms with Gasteiger partial charge < -0.3 is 10.2 Å². The molecule has 0 radical (unpaired) electrons. The maximum absolute atomic E-state index is 4.43. The lowest BCUT2D eigenvalue weighted by molar-refractivity contribution is 0.415. The quantitative estimate of drug-likeness (QED) is 0.781. The Bertz CT molecular complexity index is 489. The van der Waals surface area contributed by atoms with E-state index in [1.807, 2.05) is 10.6 Å². The summed E-state index contributed by atoms with van der Waals surface area (Å²) in [4.78, 5) is 6.71. The number of hydrogen-bond donors (Lipinski definition) is 1. The minimum atomic E-state index is 0.528. The number of anilines is 1.